The highest BCUT2D eigenvalue weighted by Gasteiger charge is 2.21. The number of aromatic nitrogens is 2. The van der Waals surface area contributed by atoms with E-state index < -0.39 is 11.6 Å². The van der Waals surface area contributed by atoms with Gasteiger partial charge in [-0.15, -0.1) is 0 Å². The highest BCUT2D eigenvalue weighted by atomic mass is 32.2. The van der Waals surface area contributed by atoms with E-state index in [4.69, 9.17) is 0 Å². The van der Waals surface area contributed by atoms with Crippen molar-refractivity contribution in [2.75, 3.05) is 13.3 Å². The van der Waals surface area contributed by atoms with Crippen LogP contribution in [0.25, 0.3) is 11.0 Å². The van der Waals surface area contributed by atoms with E-state index in [2.05, 4.69) is 4.98 Å². The first kappa shape index (κ1) is 19.4. The number of halogens is 2. The van der Waals surface area contributed by atoms with E-state index in [1.165, 1.54) is 6.07 Å². The molecule has 27 heavy (non-hydrogen) atoms. The number of amides is 1. The van der Waals surface area contributed by atoms with Crippen molar-refractivity contribution in [3.05, 3.63) is 65.5 Å². The molecular weight excluding hydrogens is 368 g/mol. The number of hydrogen-bond acceptors (Lipinski definition) is 3. The number of hydrogen-bond donors (Lipinski definition) is 0. The standard InChI is InChI=1S/C20H21F2N3OS/c1-13(14-8-9-15(21)16(22)10-14)24(2)20(26)11-25-18-7-5-4-6-17(18)23-19(25)12-27-3/h4-10,13H,11-12H2,1-3H3. The van der Waals surface area contributed by atoms with Gasteiger partial charge in [0.15, 0.2) is 11.6 Å². The van der Waals surface area contributed by atoms with E-state index in [0.29, 0.717) is 11.3 Å². The van der Waals surface area contributed by atoms with Crippen molar-refractivity contribution < 1.29 is 13.6 Å². The summed E-state index contributed by atoms with van der Waals surface area (Å²) in [6.07, 6.45) is 1.99. The lowest BCUT2D eigenvalue weighted by Gasteiger charge is -2.26. The Morgan fingerprint density at radius 3 is 2.67 bits per heavy atom. The lowest BCUT2D eigenvalue weighted by Crippen LogP contribution is -2.33. The molecule has 1 amide bonds. The molecule has 1 aromatic heterocycles. The van der Waals surface area contributed by atoms with Gasteiger partial charge in [-0.3, -0.25) is 4.79 Å². The summed E-state index contributed by atoms with van der Waals surface area (Å²) in [5.41, 5.74) is 2.30. The highest BCUT2D eigenvalue weighted by Crippen LogP contribution is 2.23. The van der Waals surface area contributed by atoms with Crippen LogP contribution < -0.4 is 0 Å². The van der Waals surface area contributed by atoms with Crippen LogP contribution in [0.15, 0.2) is 42.5 Å². The van der Waals surface area contributed by atoms with E-state index in [1.807, 2.05) is 35.1 Å². The Labute approximate surface area is 161 Å². The number of benzene rings is 2. The maximum atomic E-state index is 13.5. The van der Waals surface area contributed by atoms with Crippen LogP contribution in [0.4, 0.5) is 8.78 Å². The monoisotopic (exact) mass is 389 g/mol. The Morgan fingerprint density at radius 2 is 1.96 bits per heavy atom. The summed E-state index contributed by atoms with van der Waals surface area (Å²) in [7, 11) is 1.67. The van der Waals surface area contributed by atoms with Crippen LogP contribution in [0.3, 0.4) is 0 Å². The summed E-state index contributed by atoms with van der Waals surface area (Å²) >= 11 is 1.64. The van der Waals surface area contributed by atoms with Gasteiger partial charge < -0.3 is 9.47 Å². The third-order valence-electron chi connectivity index (χ3n) is 4.70. The number of imidazole rings is 1. The molecule has 0 aliphatic heterocycles. The molecule has 1 unspecified atom stereocenters. The van der Waals surface area contributed by atoms with Crippen LogP contribution in [0.5, 0.6) is 0 Å². The molecule has 1 atom stereocenters. The highest BCUT2D eigenvalue weighted by molar-refractivity contribution is 7.97. The molecule has 7 heteroatoms. The Bertz CT molecular complexity index is 973. The largest absolute Gasteiger partial charge is 0.337 e. The van der Waals surface area contributed by atoms with Crippen LogP contribution in [0, 0.1) is 11.6 Å². The molecule has 1 heterocycles. The summed E-state index contributed by atoms with van der Waals surface area (Å²) in [6, 6.07) is 11.0. The fourth-order valence-corrected chi connectivity index (χ4v) is 3.48. The number of carbonyl (C=O) groups is 1. The lowest BCUT2D eigenvalue weighted by atomic mass is 10.1. The minimum atomic E-state index is -0.914. The molecular formula is C20H21F2N3OS. The van der Waals surface area contributed by atoms with Crippen LogP contribution >= 0.6 is 11.8 Å². The van der Waals surface area contributed by atoms with Gasteiger partial charge in [0.2, 0.25) is 5.91 Å². The van der Waals surface area contributed by atoms with Gasteiger partial charge >= 0.3 is 0 Å². The molecule has 3 rings (SSSR count). The van der Waals surface area contributed by atoms with Crippen LogP contribution in [-0.2, 0) is 17.1 Å². The molecule has 0 fully saturated rings. The summed E-state index contributed by atoms with van der Waals surface area (Å²) in [5.74, 6) is -0.400. The van der Waals surface area contributed by atoms with E-state index in [9.17, 15) is 13.6 Å². The maximum absolute atomic E-state index is 13.5. The minimum Gasteiger partial charge on any atom is -0.337 e. The van der Waals surface area contributed by atoms with Gasteiger partial charge in [-0.25, -0.2) is 13.8 Å². The van der Waals surface area contributed by atoms with Crippen molar-refractivity contribution in [3.8, 4) is 0 Å². The molecule has 0 N–H and O–H groups in total. The van der Waals surface area contributed by atoms with E-state index >= 15 is 0 Å². The number of likely N-dealkylation sites (N-methyl/N-ethyl adjacent to an activating group) is 1. The van der Waals surface area contributed by atoms with Crippen molar-refractivity contribution in [3.63, 3.8) is 0 Å². The van der Waals surface area contributed by atoms with Gasteiger partial charge in [0.1, 0.15) is 12.4 Å². The molecule has 0 saturated heterocycles. The number of para-hydroxylation sites is 2. The fraction of sp³-hybridized carbons (Fsp3) is 0.300. The average molecular weight is 389 g/mol. The third-order valence-corrected chi connectivity index (χ3v) is 5.25. The molecule has 0 bridgehead atoms. The summed E-state index contributed by atoms with van der Waals surface area (Å²) in [4.78, 5) is 19.0. The zero-order valence-corrected chi connectivity index (χ0v) is 16.3. The van der Waals surface area contributed by atoms with E-state index in [-0.39, 0.29) is 18.5 Å². The molecule has 4 nitrogen and oxygen atoms in total. The Kier molecular flexibility index (Phi) is 5.79. The molecule has 0 aliphatic rings. The van der Waals surface area contributed by atoms with Gasteiger partial charge in [-0.05, 0) is 43.0 Å². The number of thioether (sulfide) groups is 1. The second-order valence-corrected chi connectivity index (χ2v) is 7.26. The molecule has 142 valence electrons. The van der Waals surface area contributed by atoms with Gasteiger partial charge in [0.25, 0.3) is 0 Å². The van der Waals surface area contributed by atoms with Crippen molar-refractivity contribution in [2.45, 2.75) is 25.3 Å². The molecule has 0 spiro atoms. The maximum Gasteiger partial charge on any atom is 0.242 e. The van der Waals surface area contributed by atoms with Gasteiger partial charge in [0, 0.05) is 7.05 Å². The van der Waals surface area contributed by atoms with Gasteiger partial charge in [0.05, 0.1) is 22.8 Å². The second kappa shape index (κ2) is 8.08. The molecule has 0 radical (unpaired) electrons. The zero-order valence-electron chi connectivity index (χ0n) is 15.4. The first-order valence-electron chi connectivity index (χ1n) is 8.56. The quantitative estimate of drug-likeness (QED) is 0.627. The van der Waals surface area contributed by atoms with Crippen molar-refractivity contribution in [1.29, 1.82) is 0 Å². The summed E-state index contributed by atoms with van der Waals surface area (Å²) < 4.78 is 28.6. The fourth-order valence-electron chi connectivity index (χ4n) is 3.00. The lowest BCUT2D eigenvalue weighted by molar-refractivity contribution is -0.132. The molecule has 3 aromatic rings. The molecule has 0 aliphatic carbocycles. The van der Waals surface area contributed by atoms with Gasteiger partial charge in [-0.2, -0.15) is 11.8 Å². The number of carbonyl (C=O) groups excluding carboxylic acids is 1. The minimum absolute atomic E-state index is 0.127. The van der Waals surface area contributed by atoms with Crippen LogP contribution in [-0.4, -0.2) is 33.7 Å². The van der Waals surface area contributed by atoms with Gasteiger partial charge in [-0.1, -0.05) is 18.2 Å². The predicted octanol–water partition coefficient (Wildman–Crippen LogP) is 4.40. The van der Waals surface area contributed by atoms with Crippen molar-refractivity contribution in [2.24, 2.45) is 0 Å². The topological polar surface area (TPSA) is 38.1 Å². The van der Waals surface area contributed by atoms with Crippen molar-refractivity contribution >= 4 is 28.7 Å². The Balaban J connectivity index is 1.85. The molecule has 2 aromatic carbocycles. The first-order valence-corrected chi connectivity index (χ1v) is 9.95. The van der Waals surface area contributed by atoms with Crippen molar-refractivity contribution in [1.82, 2.24) is 14.5 Å². The van der Waals surface area contributed by atoms with E-state index in [1.54, 1.807) is 30.6 Å². The molecule has 0 saturated carbocycles. The third kappa shape index (κ3) is 3.98. The Morgan fingerprint density at radius 1 is 1.22 bits per heavy atom. The number of nitrogens with zero attached hydrogens (tertiary/aromatic N) is 3. The Hall–Kier alpha value is -2.41. The number of rotatable bonds is 6. The average Bonchev–Trinajstić information content (AvgIpc) is 3.00. The summed E-state index contributed by atoms with van der Waals surface area (Å²) in [5, 5.41) is 0. The number of fused-ring (bicyclic) bond motifs is 1. The van der Waals surface area contributed by atoms with Crippen LogP contribution in [0.2, 0.25) is 0 Å². The first-order chi connectivity index (χ1) is 12.9. The SMILES string of the molecule is CSCc1nc2ccccc2n1CC(=O)N(C)C(C)c1ccc(F)c(F)c1. The van der Waals surface area contributed by atoms with E-state index in [0.717, 1.165) is 29.0 Å². The van der Waals surface area contributed by atoms with Crippen LogP contribution in [0.1, 0.15) is 24.4 Å². The normalized spacial score (nSPS) is 12.3. The smallest absolute Gasteiger partial charge is 0.242 e. The second-order valence-electron chi connectivity index (χ2n) is 6.39. The zero-order chi connectivity index (χ0) is 19.6. The summed E-state index contributed by atoms with van der Waals surface area (Å²) in [6.45, 7) is 1.93. The predicted molar refractivity (Wildman–Crippen MR) is 104 cm³/mol.